The zero-order valence-corrected chi connectivity index (χ0v) is 14.1. The van der Waals surface area contributed by atoms with Crippen LogP contribution in [0.3, 0.4) is 0 Å². The van der Waals surface area contributed by atoms with Gasteiger partial charge in [0.2, 0.25) is 0 Å². The predicted molar refractivity (Wildman–Crippen MR) is 96.5 cm³/mol. The van der Waals surface area contributed by atoms with Crippen molar-refractivity contribution in [3.05, 3.63) is 60.0 Å². The van der Waals surface area contributed by atoms with Gasteiger partial charge in [-0.25, -0.2) is 0 Å². The minimum Gasteiger partial charge on any atom is -0.307 e. The number of hydrogen-bond donors (Lipinski definition) is 1. The van der Waals surface area contributed by atoms with Crippen LogP contribution in [0.2, 0.25) is 0 Å². The Morgan fingerprint density at radius 2 is 2.08 bits per heavy atom. The van der Waals surface area contributed by atoms with Crippen LogP contribution in [-0.2, 0) is 13.1 Å². The summed E-state index contributed by atoms with van der Waals surface area (Å²) in [6.45, 7) is 3.84. The predicted octanol–water partition coefficient (Wildman–Crippen LogP) is 3.37. The summed E-state index contributed by atoms with van der Waals surface area (Å²) in [4.78, 5) is 4.14. The summed E-state index contributed by atoms with van der Waals surface area (Å²) in [5, 5.41) is 17.7. The van der Waals surface area contributed by atoms with Crippen molar-refractivity contribution in [2.24, 2.45) is 0 Å². The summed E-state index contributed by atoms with van der Waals surface area (Å²) in [5.74, 6) is 0. The van der Waals surface area contributed by atoms with E-state index in [2.05, 4.69) is 28.0 Å². The second-order valence-corrected chi connectivity index (χ2v) is 6.27. The highest BCUT2D eigenvalue weighted by Gasteiger charge is 2.25. The average Bonchev–Trinajstić information content (AvgIpc) is 3.07. The maximum atomic E-state index is 9.23. The van der Waals surface area contributed by atoms with E-state index in [0.29, 0.717) is 11.6 Å². The molecule has 1 aliphatic rings. The Labute approximate surface area is 146 Å². The molecule has 0 spiro atoms. The van der Waals surface area contributed by atoms with Crippen LogP contribution in [0.1, 0.15) is 24.6 Å². The van der Waals surface area contributed by atoms with Crippen molar-refractivity contribution in [2.45, 2.75) is 32.5 Å². The lowest BCUT2D eigenvalue weighted by atomic mass is 9.98. The standard InChI is InChI=1S/C20H19N5/c1-2-17-13-25-18(12-23-17)19(15-6-8-22-9-7-15)20(24-25)16-5-3-4-14(10-16)11-21/h3-10,17,23H,2,12-13H2,1H3. The molecule has 3 heterocycles. The number of rotatable bonds is 3. The summed E-state index contributed by atoms with van der Waals surface area (Å²) in [7, 11) is 0. The van der Waals surface area contributed by atoms with Crippen LogP contribution in [0, 0.1) is 11.3 Å². The highest BCUT2D eigenvalue weighted by atomic mass is 15.3. The Balaban J connectivity index is 1.91. The van der Waals surface area contributed by atoms with Crippen LogP contribution >= 0.6 is 0 Å². The monoisotopic (exact) mass is 329 g/mol. The molecule has 2 aromatic heterocycles. The normalized spacial score (nSPS) is 16.2. The topological polar surface area (TPSA) is 66.5 Å². The zero-order chi connectivity index (χ0) is 17.2. The van der Waals surface area contributed by atoms with E-state index in [1.165, 1.54) is 5.69 Å². The number of nitrogens with zero attached hydrogens (tertiary/aromatic N) is 4. The first-order valence-electron chi connectivity index (χ1n) is 8.54. The fraction of sp³-hybridized carbons (Fsp3) is 0.250. The molecule has 0 fully saturated rings. The quantitative estimate of drug-likeness (QED) is 0.800. The highest BCUT2D eigenvalue weighted by Crippen LogP contribution is 2.36. The average molecular weight is 329 g/mol. The van der Waals surface area contributed by atoms with Gasteiger partial charge in [0.1, 0.15) is 5.69 Å². The molecule has 0 saturated heterocycles. The van der Waals surface area contributed by atoms with Gasteiger partial charge in [0.15, 0.2) is 0 Å². The molecule has 0 radical (unpaired) electrons. The molecule has 0 bridgehead atoms. The minimum atomic E-state index is 0.441. The van der Waals surface area contributed by atoms with Crippen molar-refractivity contribution in [2.75, 3.05) is 0 Å². The van der Waals surface area contributed by atoms with Crippen molar-refractivity contribution in [1.82, 2.24) is 20.1 Å². The summed E-state index contributed by atoms with van der Waals surface area (Å²) in [5.41, 5.74) is 5.96. The third-order valence-electron chi connectivity index (χ3n) is 4.74. The molecular weight excluding hydrogens is 310 g/mol. The molecule has 0 saturated carbocycles. The zero-order valence-electron chi connectivity index (χ0n) is 14.1. The van der Waals surface area contributed by atoms with Crippen LogP contribution in [0.5, 0.6) is 0 Å². The molecule has 124 valence electrons. The maximum absolute atomic E-state index is 9.23. The molecule has 5 heteroatoms. The summed E-state index contributed by atoms with van der Waals surface area (Å²) >= 11 is 0. The molecule has 1 aromatic carbocycles. The van der Waals surface area contributed by atoms with Gasteiger partial charge < -0.3 is 5.32 Å². The van der Waals surface area contributed by atoms with E-state index in [9.17, 15) is 5.26 Å². The van der Waals surface area contributed by atoms with Gasteiger partial charge >= 0.3 is 0 Å². The molecule has 4 rings (SSSR count). The number of hydrogen-bond acceptors (Lipinski definition) is 4. The Hall–Kier alpha value is -2.97. The van der Waals surface area contributed by atoms with Gasteiger partial charge in [-0.2, -0.15) is 10.4 Å². The molecule has 1 N–H and O–H groups in total. The fourth-order valence-electron chi connectivity index (χ4n) is 3.38. The molecule has 1 atom stereocenters. The lowest BCUT2D eigenvalue weighted by molar-refractivity contribution is 0.361. The summed E-state index contributed by atoms with van der Waals surface area (Å²) in [6, 6.07) is 14.3. The molecule has 5 nitrogen and oxygen atoms in total. The van der Waals surface area contributed by atoms with Gasteiger partial charge in [0.05, 0.1) is 23.9 Å². The Bertz CT molecular complexity index is 936. The fourth-order valence-corrected chi connectivity index (χ4v) is 3.38. The maximum Gasteiger partial charge on any atom is 0.101 e. The van der Waals surface area contributed by atoms with Crippen LogP contribution < -0.4 is 5.32 Å². The number of pyridine rings is 1. The van der Waals surface area contributed by atoms with E-state index < -0.39 is 0 Å². The lowest BCUT2D eigenvalue weighted by Crippen LogP contribution is -2.38. The van der Waals surface area contributed by atoms with Gasteiger partial charge in [0, 0.05) is 36.1 Å². The Kier molecular flexibility index (Phi) is 4.04. The van der Waals surface area contributed by atoms with Gasteiger partial charge in [0.25, 0.3) is 0 Å². The van der Waals surface area contributed by atoms with E-state index in [4.69, 9.17) is 5.10 Å². The van der Waals surface area contributed by atoms with Gasteiger partial charge in [-0.3, -0.25) is 9.67 Å². The van der Waals surface area contributed by atoms with Crippen LogP contribution in [0.15, 0.2) is 48.8 Å². The first-order valence-corrected chi connectivity index (χ1v) is 8.54. The molecule has 1 aliphatic heterocycles. The number of benzene rings is 1. The Morgan fingerprint density at radius 1 is 1.24 bits per heavy atom. The van der Waals surface area contributed by atoms with Crippen LogP contribution in [0.25, 0.3) is 22.4 Å². The van der Waals surface area contributed by atoms with E-state index >= 15 is 0 Å². The van der Waals surface area contributed by atoms with Gasteiger partial charge in [-0.15, -0.1) is 0 Å². The summed E-state index contributed by atoms with van der Waals surface area (Å²) in [6.07, 6.45) is 4.68. The molecule has 1 unspecified atom stereocenters. The van der Waals surface area contributed by atoms with Gasteiger partial charge in [-0.05, 0) is 36.2 Å². The second kappa shape index (κ2) is 6.50. The molecule has 25 heavy (non-hydrogen) atoms. The lowest BCUT2D eigenvalue weighted by Gasteiger charge is -2.24. The van der Waals surface area contributed by atoms with Crippen molar-refractivity contribution < 1.29 is 0 Å². The van der Waals surface area contributed by atoms with Crippen molar-refractivity contribution in [3.63, 3.8) is 0 Å². The molecule has 0 amide bonds. The third-order valence-corrected chi connectivity index (χ3v) is 4.74. The molecule has 3 aromatic rings. The largest absolute Gasteiger partial charge is 0.307 e. The number of nitrogens with one attached hydrogen (secondary N) is 1. The van der Waals surface area contributed by atoms with E-state index in [-0.39, 0.29) is 0 Å². The first kappa shape index (κ1) is 15.6. The highest BCUT2D eigenvalue weighted by molar-refractivity contribution is 5.83. The van der Waals surface area contributed by atoms with E-state index in [0.717, 1.165) is 41.9 Å². The SMILES string of the molecule is CCC1Cn2nc(-c3cccc(C#N)c3)c(-c3ccncc3)c2CN1. The van der Waals surface area contributed by atoms with Crippen molar-refractivity contribution in [3.8, 4) is 28.5 Å². The van der Waals surface area contributed by atoms with E-state index in [1.807, 2.05) is 36.4 Å². The Morgan fingerprint density at radius 3 is 2.84 bits per heavy atom. The van der Waals surface area contributed by atoms with Crippen LogP contribution in [0.4, 0.5) is 0 Å². The van der Waals surface area contributed by atoms with Crippen molar-refractivity contribution in [1.29, 1.82) is 5.26 Å². The second-order valence-electron chi connectivity index (χ2n) is 6.27. The van der Waals surface area contributed by atoms with Gasteiger partial charge in [-0.1, -0.05) is 19.1 Å². The number of fused-ring (bicyclic) bond motifs is 1. The third kappa shape index (κ3) is 2.81. The molecular formula is C20H19N5. The minimum absolute atomic E-state index is 0.441. The molecule has 0 aliphatic carbocycles. The summed E-state index contributed by atoms with van der Waals surface area (Å²) < 4.78 is 2.12. The first-order chi connectivity index (χ1) is 12.3. The smallest absolute Gasteiger partial charge is 0.101 e. The number of nitriles is 1. The van der Waals surface area contributed by atoms with Crippen LogP contribution in [-0.4, -0.2) is 20.8 Å². The number of aromatic nitrogens is 3. The van der Waals surface area contributed by atoms with Crippen molar-refractivity contribution >= 4 is 0 Å². The van der Waals surface area contributed by atoms with E-state index in [1.54, 1.807) is 12.4 Å².